The van der Waals surface area contributed by atoms with Gasteiger partial charge in [0.25, 0.3) is 0 Å². The number of aliphatic hydroxyl groups is 1. The second-order valence-electron chi connectivity index (χ2n) is 6.25. The van der Waals surface area contributed by atoms with Crippen LogP contribution in [0.1, 0.15) is 17.4 Å². The Morgan fingerprint density at radius 2 is 1.46 bits per heavy atom. The van der Waals surface area contributed by atoms with Gasteiger partial charge in [-0.15, -0.1) is 0 Å². The fourth-order valence-corrected chi connectivity index (χ4v) is 3.11. The molecular weight excluding hydrogens is 320 g/mol. The van der Waals surface area contributed by atoms with Crippen LogP contribution in [0.25, 0.3) is 22.2 Å². The van der Waals surface area contributed by atoms with Crippen LogP contribution in [0.2, 0.25) is 0 Å². The lowest BCUT2D eigenvalue weighted by molar-refractivity contribution is 0.138. The normalized spacial score (nSPS) is 12.2. The molecule has 3 heteroatoms. The molecule has 26 heavy (non-hydrogen) atoms. The fourth-order valence-electron chi connectivity index (χ4n) is 3.11. The quantitative estimate of drug-likeness (QED) is 0.518. The van der Waals surface area contributed by atoms with Gasteiger partial charge in [-0.3, -0.25) is 5.32 Å². The van der Waals surface area contributed by atoms with E-state index in [1.165, 1.54) is 0 Å². The zero-order chi connectivity index (χ0) is 17.8. The van der Waals surface area contributed by atoms with E-state index in [4.69, 9.17) is 4.98 Å². The van der Waals surface area contributed by atoms with E-state index in [0.29, 0.717) is 6.54 Å². The molecule has 0 amide bonds. The third-order valence-corrected chi connectivity index (χ3v) is 4.45. The van der Waals surface area contributed by atoms with Crippen molar-refractivity contribution < 1.29 is 5.11 Å². The molecule has 0 radical (unpaired) electrons. The van der Waals surface area contributed by atoms with Crippen molar-refractivity contribution in [3.63, 3.8) is 0 Å². The molecule has 1 aromatic heterocycles. The number of hydrogen-bond donors (Lipinski definition) is 2. The summed E-state index contributed by atoms with van der Waals surface area (Å²) in [4.78, 5) is 4.77. The summed E-state index contributed by atoms with van der Waals surface area (Å²) in [6.07, 6.45) is -0.773. The lowest BCUT2D eigenvalue weighted by Crippen LogP contribution is -2.20. The number of aromatic nitrogens is 1. The predicted molar refractivity (Wildman–Crippen MR) is 105 cm³/mol. The van der Waals surface area contributed by atoms with Crippen molar-refractivity contribution in [3.05, 3.63) is 102 Å². The van der Waals surface area contributed by atoms with Gasteiger partial charge in [0.15, 0.2) is 0 Å². The molecule has 3 nitrogen and oxygen atoms in total. The average Bonchev–Trinajstić information content (AvgIpc) is 2.72. The number of rotatable bonds is 5. The molecule has 0 fully saturated rings. The molecule has 1 heterocycles. The Labute approximate surface area is 153 Å². The SMILES string of the molecule is OC(NCc1ccccc1)c1cc(-c2ccccc2)nc2ccccc12. The third kappa shape index (κ3) is 3.49. The second-order valence-corrected chi connectivity index (χ2v) is 6.25. The lowest BCUT2D eigenvalue weighted by Gasteiger charge is -2.17. The van der Waals surface area contributed by atoms with Crippen molar-refractivity contribution in [2.75, 3.05) is 0 Å². The van der Waals surface area contributed by atoms with Gasteiger partial charge in [0.2, 0.25) is 0 Å². The summed E-state index contributed by atoms with van der Waals surface area (Å²) in [5.41, 5.74) is 4.75. The molecular formula is C23H20N2O. The van der Waals surface area contributed by atoms with Crippen molar-refractivity contribution in [1.29, 1.82) is 0 Å². The van der Waals surface area contributed by atoms with Gasteiger partial charge in [0.1, 0.15) is 6.23 Å². The first-order valence-electron chi connectivity index (χ1n) is 8.72. The van der Waals surface area contributed by atoms with Crippen LogP contribution in [-0.4, -0.2) is 10.1 Å². The number of nitrogens with zero attached hydrogens (tertiary/aromatic N) is 1. The van der Waals surface area contributed by atoms with Gasteiger partial charge in [-0.25, -0.2) is 4.98 Å². The topological polar surface area (TPSA) is 45.1 Å². The van der Waals surface area contributed by atoms with E-state index in [2.05, 4.69) is 5.32 Å². The number of hydrogen-bond acceptors (Lipinski definition) is 3. The number of fused-ring (bicyclic) bond motifs is 1. The van der Waals surface area contributed by atoms with Gasteiger partial charge in [-0.2, -0.15) is 0 Å². The van der Waals surface area contributed by atoms with Crippen molar-refractivity contribution in [2.24, 2.45) is 0 Å². The minimum atomic E-state index is -0.773. The monoisotopic (exact) mass is 340 g/mol. The molecule has 0 aliphatic carbocycles. The van der Waals surface area contributed by atoms with Gasteiger partial charge in [0, 0.05) is 23.1 Å². The summed E-state index contributed by atoms with van der Waals surface area (Å²) in [5.74, 6) is 0. The molecule has 0 spiro atoms. The lowest BCUT2D eigenvalue weighted by atomic mass is 10.0. The van der Waals surface area contributed by atoms with E-state index >= 15 is 0 Å². The van der Waals surface area contributed by atoms with E-state index in [1.807, 2.05) is 91.0 Å². The minimum absolute atomic E-state index is 0.597. The molecule has 0 bridgehead atoms. The van der Waals surface area contributed by atoms with Crippen LogP contribution in [0.3, 0.4) is 0 Å². The summed E-state index contributed by atoms with van der Waals surface area (Å²) in [5, 5.41) is 15.0. The first-order chi connectivity index (χ1) is 12.8. The van der Waals surface area contributed by atoms with Crippen molar-refractivity contribution in [1.82, 2.24) is 10.3 Å². The van der Waals surface area contributed by atoms with Gasteiger partial charge in [-0.1, -0.05) is 78.9 Å². The second kappa shape index (κ2) is 7.48. The van der Waals surface area contributed by atoms with E-state index in [9.17, 15) is 5.11 Å². The highest BCUT2D eigenvalue weighted by atomic mass is 16.3. The third-order valence-electron chi connectivity index (χ3n) is 4.45. The maximum atomic E-state index is 10.8. The molecule has 3 aromatic carbocycles. The Bertz CT molecular complexity index is 1000. The molecule has 4 aromatic rings. The minimum Gasteiger partial charge on any atom is -0.374 e. The Morgan fingerprint density at radius 1 is 0.808 bits per heavy atom. The van der Waals surface area contributed by atoms with Crippen LogP contribution in [0, 0.1) is 0 Å². The molecule has 0 saturated carbocycles. The van der Waals surface area contributed by atoms with E-state index < -0.39 is 6.23 Å². The Morgan fingerprint density at radius 3 is 2.23 bits per heavy atom. The van der Waals surface area contributed by atoms with E-state index in [0.717, 1.165) is 33.3 Å². The summed E-state index contributed by atoms with van der Waals surface area (Å²) in [7, 11) is 0. The van der Waals surface area contributed by atoms with Crippen LogP contribution >= 0.6 is 0 Å². The molecule has 1 atom stereocenters. The van der Waals surface area contributed by atoms with Gasteiger partial charge >= 0.3 is 0 Å². The summed E-state index contributed by atoms with van der Waals surface area (Å²) in [6, 6.07) is 30.0. The van der Waals surface area contributed by atoms with Gasteiger partial charge < -0.3 is 5.11 Å². The first-order valence-corrected chi connectivity index (χ1v) is 8.72. The number of pyridine rings is 1. The first kappa shape index (κ1) is 16.5. The van der Waals surface area contributed by atoms with Crippen LogP contribution in [0.15, 0.2) is 91.0 Å². The van der Waals surface area contributed by atoms with E-state index in [-0.39, 0.29) is 0 Å². The molecule has 128 valence electrons. The maximum absolute atomic E-state index is 10.8. The highest BCUT2D eigenvalue weighted by molar-refractivity contribution is 5.85. The molecule has 1 unspecified atom stereocenters. The zero-order valence-electron chi connectivity index (χ0n) is 14.3. The average molecular weight is 340 g/mol. The van der Waals surface area contributed by atoms with Crippen LogP contribution in [-0.2, 0) is 6.54 Å². The number of para-hydroxylation sites is 1. The van der Waals surface area contributed by atoms with Gasteiger partial charge in [0.05, 0.1) is 11.2 Å². The van der Waals surface area contributed by atoms with E-state index in [1.54, 1.807) is 0 Å². The van der Waals surface area contributed by atoms with Crippen LogP contribution in [0.5, 0.6) is 0 Å². The standard InChI is InChI=1S/C23H20N2O/c26-23(24-16-17-9-3-1-4-10-17)20-15-22(18-11-5-2-6-12-18)25-21-14-8-7-13-19(20)21/h1-15,23-24,26H,16H2. The summed E-state index contributed by atoms with van der Waals surface area (Å²) < 4.78 is 0. The smallest absolute Gasteiger partial charge is 0.132 e. The van der Waals surface area contributed by atoms with Crippen molar-refractivity contribution in [2.45, 2.75) is 12.8 Å². The highest BCUT2D eigenvalue weighted by Gasteiger charge is 2.14. The van der Waals surface area contributed by atoms with Gasteiger partial charge in [-0.05, 0) is 17.7 Å². The number of nitrogens with one attached hydrogen (secondary N) is 1. The van der Waals surface area contributed by atoms with Crippen LogP contribution < -0.4 is 5.32 Å². The molecule has 0 aliphatic rings. The Hall–Kier alpha value is -3.01. The van der Waals surface area contributed by atoms with Crippen LogP contribution in [0.4, 0.5) is 0 Å². The summed E-state index contributed by atoms with van der Waals surface area (Å²) in [6.45, 7) is 0.597. The molecule has 0 saturated heterocycles. The largest absolute Gasteiger partial charge is 0.374 e. The highest BCUT2D eigenvalue weighted by Crippen LogP contribution is 2.28. The molecule has 4 rings (SSSR count). The number of aliphatic hydroxyl groups excluding tert-OH is 1. The number of benzene rings is 3. The Balaban J connectivity index is 1.70. The van der Waals surface area contributed by atoms with Crippen molar-refractivity contribution >= 4 is 10.9 Å². The van der Waals surface area contributed by atoms with Crippen molar-refractivity contribution in [3.8, 4) is 11.3 Å². The maximum Gasteiger partial charge on any atom is 0.132 e. The molecule has 0 aliphatic heterocycles. The predicted octanol–water partition coefficient (Wildman–Crippen LogP) is 4.68. The summed E-state index contributed by atoms with van der Waals surface area (Å²) >= 11 is 0. The fraction of sp³-hybridized carbons (Fsp3) is 0.0870. The Kier molecular flexibility index (Phi) is 4.73. The molecule has 2 N–H and O–H groups in total. The zero-order valence-corrected chi connectivity index (χ0v) is 14.3.